The van der Waals surface area contributed by atoms with E-state index in [1.165, 1.54) is 0 Å². The number of ether oxygens (including phenoxy) is 9. The number of fused-ring (bicyclic) bond motifs is 2. The standard InChI is InChI=1S/C64H102O13S2/c1-12-21-32-68-50-42-53(71-35-24-15-4)60(54(43-50)72-36-25-16-5)79(77-78(66,67)48-64-31-30-49(41-59(64)65)63(64,10)11,61-55(73-37-26-17-6)44-51(69-33-22-13-2)45-56(61)74-38-27-18-7)62-57(75-39-28-19-8)46-52(70-34-23-14-3)47-58(62)76-40-29-20-9/h42-47,49H,12-41,48H2,1-11H3. The highest BCUT2D eigenvalue weighted by molar-refractivity contribution is 8.33. The average molecular weight is 1140 g/mol. The van der Waals surface area contributed by atoms with Crippen LogP contribution in [-0.2, 0) is 18.5 Å². The van der Waals surface area contributed by atoms with Crippen molar-refractivity contribution in [2.24, 2.45) is 16.7 Å². The zero-order valence-corrected chi connectivity index (χ0v) is 52.2. The number of rotatable bonds is 43. The van der Waals surface area contributed by atoms with E-state index in [2.05, 4.69) is 76.2 Å². The summed E-state index contributed by atoms with van der Waals surface area (Å²) in [5.74, 6) is 2.76. The van der Waals surface area contributed by atoms with Crippen LogP contribution in [0.15, 0.2) is 51.1 Å². The molecule has 2 atom stereocenters. The maximum atomic E-state index is 16.6. The molecule has 5 rings (SSSR count). The normalized spacial score (nSPS) is 16.9. The van der Waals surface area contributed by atoms with Gasteiger partial charge in [-0.3, -0.25) is 4.79 Å². The monoisotopic (exact) mass is 1140 g/mol. The Morgan fingerprint density at radius 1 is 0.418 bits per heavy atom. The lowest BCUT2D eigenvalue weighted by Crippen LogP contribution is -2.42. The Balaban J connectivity index is 2.20. The number of hydrogen-bond donors (Lipinski definition) is 0. The number of unbranched alkanes of at least 4 members (excludes halogenated alkanes) is 9. The number of hydrogen-bond acceptors (Lipinski definition) is 13. The summed E-state index contributed by atoms with van der Waals surface area (Å²) in [7, 11) is -8.92. The summed E-state index contributed by atoms with van der Waals surface area (Å²) in [6.07, 6.45) is 15.7. The van der Waals surface area contributed by atoms with E-state index in [0.717, 1.165) is 83.5 Å². The van der Waals surface area contributed by atoms with Gasteiger partial charge in [0.2, 0.25) is 0 Å². The first-order valence-electron chi connectivity index (χ1n) is 30.7. The van der Waals surface area contributed by atoms with E-state index in [-0.39, 0.29) is 51.3 Å². The Kier molecular flexibility index (Phi) is 27.4. The van der Waals surface area contributed by atoms with Crippen molar-refractivity contribution < 1.29 is 59.5 Å². The third-order valence-electron chi connectivity index (χ3n) is 15.4. The highest BCUT2D eigenvalue weighted by atomic mass is 32.3. The molecule has 0 aliphatic heterocycles. The van der Waals surface area contributed by atoms with Gasteiger partial charge in [0, 0.05) is 42.8 Å². The summed E-state index contributed by atoms with van der Waals surface area (Å²) in [4.78, 5) is 15.5. The Labute approximate surface area is 479 Å². The third-order valence-corrected chi connectivity index (χ3v) is 20.9. The Hall–Kier alpha value is -4.21. The van der Waals surface area contributed by atoms with Gasteiger partial charge in [-0.1, -0.05) is 134 Å². The lowest BCUT2D eigenvalue weighted by molar-refractivity contribution is -0.128. The first-order chi connectivity index (χ1) is 38.2. The molecular formula is C64H102O13S2. The van der Waals surface area contributed by atoms with E-state index >= 15 is 8.42 Å². The number of carbonyl (C=O) groups is 1. The molecular weight excluding hydrogens is 1040 g/mol. The van der Waals surface area contributed by atoms with Crippen molar-refractivity contribution in [3.8, 4) is 51.7 Å². The van der Waals surface area contributed by atoms with Crippen LogP contribution < -0.4 is 42.6 Å². The first kappa shape index (κ1) is 65.6. The predicted octanol–water partition coefficient (Wildman–Crippen LogP) is 17.2. The fraction of sp³-hybridized carbons (Fsp3) is 0.703. The fourth-order valence-corrected chi connectivity index (χ4v) is 16.9. The molecule has 2 unspecified atom stereocenters. The zero-order chi connectivity index (χ0) is 57.3. The predicted molar refractivity (Wildman–Crippen MR) is 319 cm³/mol. The van der Waals surface area contributed by atoms with Crippen molar-refractivity contribution >= 4 is 26.2 Å². The third kappa shape index (κ3) is 16.9. The van der Waals surface area contributed by atoms with Crippen molar-refractivity contribution in [1.29, 1.82) is 0 Å². The Bertz CT molecular complexity index is 2130. The maximum absolute atomic E-state index is 16.6. The van der Waals surface area contributed by atoms with Crippen LogP contribution in [0.5, 0.6) is 51.7 Å². The van der Waals surface area contributed by atoms with E-state index in [1.807, 2.05) is 36.4 Å². The zero-order valence-electron chi connectivity index (χ0n) is 50.6. The van der Waals surface area contributed by atoms with E-state index in [9.17, 15) is 4.79 Å². The number of carbonyl (C=O) groups excluding carboxylic acids is 1. The molecule has 0 spiro atoms. The van der Waals surface area contributed by atoms with Crippen LogP contribution in [-0.4, -0.2) is 79.4 Å². The lowest BCUT2D eigenvalue weighted by Gasteiger charge is -2.44. The summed E-state index contributed by atoms with van der Waals surface area (Å²) in [6, 6.07) is 11.1. The molecule has 2 aliphatic carbocycles. The topological polar surface area (TPSA) is 144 Å². The van der Waals surface area contributed by atoms with Crippen LogP contribution in [0.1, 0.15) is 211 Å². The second kappa shape index (κ2) is 33.0. The SMILES string of the molecule is CCCCOc1cc(OCCCC)c(S(OS(=O)(=O)CC23CCC(CC2=O)C3(C)C)(c2c(OCCCC)cc(OCCCC)cc2OCCCC)c2c(OCCCC)cc(OCCCC)cc2OCCCC)c(OCCCC)c1. The van der Waals surface area contributed by atoms with Crippen molar-refractivity contribution in [2.45, 2.75) is 226 Å². The molecule has 0 amide bonds. The minimum atomic E-state index is -4.86. The van der Waals surface area contributed by atoms with Gasteiger partial charge in [0.15, 0.2) is 0 Å². The van der Waals surface area contributed by atoms with Crippen molar-refractivity contribution in [1.82, 2.24) is 0 Å². The molecule has 3 aromatic rings. The maximum Gasteiger partial charge on any atom is 0.278 e. The summed E-state index contributed by atoms with van der Waals surface area (Å²) in [6.45, 7) is 26.0. The van der Waals surface area contributed by atoms with Gasteiger partial charge in [0.05, 0.1) is 70.6 Å². The summed E-state index contributed by atoms with van der Waals surface area (Å²) in [5, 5.41) is 0. The van der Waals surface area contributed by atoms with Gasteiger partial charge in [-0.15, -0.1) is 0 Å². The molecule has 13 nitrogen and oxygen atoms in total. The van der Waals surface area contributed by atoms with E-state index < -0.39 is 37.0 Å². The Morgan fingerprint density at radius 2 is 0.671 bits per heavy atom. The molecule has 2 aliphatic rings. The first-order valence-corrected chi connectivity index (χ1v) is 33.8. The van der Waals surface area contributed by atoms with Gasteiger partial charge in [-0.2, -0.15) is 8.42 Å². The minimum absolute atomic E-state index is 0.0412. The molecule has 3 aromatic carbocycles. The van der Waals surface area contributed by atoms with Crippen LogP contribution in [0.4, 0.5) is 0 Å². The number of benzene rings is 3. The van der Waals surface area contributed by atoms with Crippen molar-refractivity contribution in [3.05, 3.63) is 36.4 Å². The van der Waals surface area contributed by atoms with Crippen molar-refractivity contribution in [2.75, 3.05) is 65.2 Å². The van der Waals surface area contributed by atoms with Gasteiger partial charge in [-0.25, -0.2) is 3.63 Å². The van der Waals surface area contributed by atoms with Gasteiger partial charge in [-0.05, 0) is 92.3 Å². The molecule has 0 saturated heterocycles. The van der Waals surface area contributed by atoms with Crippen LogP contribution in [0.25, 0.3) is 0 Å². The molecule has 0 heterocycles. The van der Waals surface area contributed by atoms with Gasteiger partial charge < -0.3 is 42.6 Å². The lowest BCUT2D eigenvalue weighted by atomic mass is 9.70. The summed E-state index contributed by atoms with van der Waals surface area (Å²) in [5.41, 5.74) is -1.84. The number of Topliss-reactive ketones (excluding diaryl/α,β-unsaturated/α-hetero) is 1. The number of ketones is 1. The molecule has 448 valence electrons. The second-order valence-electron chi connectivity index (χ2n) is 22.1. The van der Waals surface area contributed by atoms with Crippen LogP contribution >= 0.6 is 10.3 Å². The van der Waals surface area contributed by atoms with E-state index in [1.54, 1.807) is 0 Å². The average Bonchev–Trinajstić information content (AvgIpc) is 3.90. The molecule has 2 bridgehead atoms. The second-order valence-corrected chi connectivity index (χ2v) is 26.3. The minimum Gasteiger partial charge on any atom is -0.493 e. The Morgan fingerprint density at radius 3 is 0.886 bits per heavy atom. The largest absolute Gasteiger partial charge is 0.493 e. The fourth-order valence-electron chi connectivity index (χ4n) is 10.4. The van der Waals surface area contributed by atoms with Gasteiger partial charge in [0.1, 0.15) is 72.2 Å². The molecule has 0 N–H and O–H groups in total. The van der Waals surface area contributed by atoms with E-state index in [0.29, 0.717) is 138 Å². The van der Waals surface area contributed by atoms with E-state index in [4.69, 9.17) is 46.3 Å². The van der Waals surface area contributed by atoms with Crippen LogP contribution in [0.2, 0.25) is 0 Å². The highest BCUT2D eigenvalue weighted by Crippen LogP contribution is 2.81. The summed E-state index contributed by atoms with van der Waals surface area (Å²) >= 11 is 0. The molecule has 79 heavy (non-hydrogen) atoms. The van der Waals surface area contributed by atoms with Crippen LogP contribution in [0.3, 0.4) is 0 Å². The van der Waals surface area contributed by atoms with Crippen LogP contribution in [0, 0.1) is 16.7 Å². The molecule has 0 aromatic heterocycles. The summed E-state index contributed by atoms with van der Waals surface area (Å²) < 4.78 is 103. The highest BCUT2D eigenvalue weighted by Gasteiger charge is 2.66. The van der Waals surface area contributed by atoms with Gasteiger partial charge in [0.25, 0.3) is 10.1 Å². The van der Waals surface area contributed by atoms with Gasteiger partial charge >= 0.3 is 0 Å². The quantitative estimate of drug-likeness (QED) is 0.0496. The molecule has 15 heteroatoms. The molecule has 2 saturated carbocycles. The smallest absolute Gasteiger partial charge is 0.278 e. The van der Waals surface area contributed by atoms with Crippen molar-refractivity contribution in [3.63, 3.8) is 0 Å². The molecule has 2 fully saturated rings. The molecule has 0 radical (unpaired) electrons.